The number of halogens is 1. The molecule has 0 saturated carbocycles. The number of rotatable bonds is 6. The number of furan rings is 1. The number of carbonyl (C=O) groups excluding carboxylic acids is 2. The number of benzene rings is 3. The van der Waals surface area contributed by atoms with Gasteiger partial charge in [0, 0.05) is 10.9 Å². The number of nitrogens with one attached hydrogen (secondary N) is 1. The third kappa shape index (κ3) is 3.62. The van der Waals surface area contributed by atoms with Crippen molar-refractivity contribution in [2.45, 2.75) is 0 Å². The summed E-state index contributed by atoms with van der Waals surface area (Å²) in [5.41, 5.74) is 0.957. The van der Waals surface area contributed by atoms with Crippen molar-refractivity contribution < 1.29 is 32.6 Å². The van der Waals surface area contributed by atoms with E-state index < -0.39 is 24.1 Å². The number of hydrogen-bond donors (Lipinski definition) is 1. The zero-order valence-electron chi connectivity index (χ0n) is 16.6. The average molecular weight is 433 g/mol. The number of hydrogen-bond acceptors (Lipinski definition) is 6. The van der Waals surface area contributed by atoms with E-state index in [9.17, 15) is 14.0 Å². The van der Waals surface area contributed by atoms with Crippen LogP contribution in [0.2, 0.25) is 0 Å². The van der Waals surface area contributed by atoms with Crippen LogP contribution in [0.4, 0.5) is 10.1 Å². The van der Waals surface area contributed by atoms with Crippen LogP contribution in [0, 0.1) is 5.82 Å². The summed E-state index contributed by atoms with van der Waals surface area (Å²) in [5, 5.41) is 3.22. The number of fused-ring (bicyclic) bond motifs is 2. The highest BCUT2D eigenvalue weighted by Gasteiger charge is 2.25. The molecule has 8 heteroatoms. The topological polar surface area (TPSA) is 87.0 Å². The van der Waals surface area contributed by atoms with E-state index in [2.05, 4.69) is 5.32 Å². The second-order valence-corrected chi connectivity index (χ2v) is 6.97. The van der Waals surface area contributed by atoms with Crippen LogP contribution in [0.3, 0.4) is 0 Å². The standard InChI is InChI=1S/C24H16FNO6/c25-16-6-2-4-8-18(16)29-12-21(27)26-22-15-5-1-3-7-17(15)32-24(22)23(28)14-9-10-19-20(11-14)31-13-30-19/h1-11H,12-13H2,(H,26,27). The molecule has 1 aromatic heterocycles. The molecule has 160 valence electrons. The molecule has 7 nitrogen and oxygen atoms in total. The monoisotopic (exact) mass is 433 g/mol. The Kier molecular flexibility index (Phi) is 4.95. The molecule has 0 spiro atoms. The molecule has 0 unspecified atom stereocenters. The smallest absolute Gasteiger partial charge is 0.262 e. The van der Waals surface area contributed by atoms with Crippen molar-refractivity contribution in [2.24, 2.45) is 0 Å². The quantitative estimate of drug-likeness (QED) is 0.449. The third-order valence-electron chi connectivity index (χ3n) is 4.90. The summed E-state index contributed by atoms with van der Waals surface area (Å²) in [6.07, 6.45) is 0. The number of amides is 1. The molecular weight excluding hydrogens is 417 g/mol. The largest absolute Gasteiger partial charge is 0.481 e. The van der Waals surface area contributed by atoms with Gasteiger partial charge in [0.2, 0.25) is 12.6 Å². The lowest BCUT2D eigenvalue weighted by Gasteiger charge is -2.09. The molecule has 5 rings (SSSR count). The SMILES string of the molecule is O=C(COc1ccccc1F)Nc1c(C(=O)c2ccc3c(c2)OCO3)oc2ccccc12. The summed E-state index contributed by atoms with van der Waals surface area (Å²) in [4.78, 5) is 25.8. The van der Waals surface area contributed by atoms with Gasteiger partial charge < -0.3 is 23.9 Å². The Labute approximate surface area is 181 Å². The molecule has 1 amide bonds. The normalized spacial score (nSPS) is 12.0. The Hall–Kier alpha value is -4.33. The van der Waals surface area contributed by atoms with Gasteiger partial charge in [-0.3, -0.25) is 9.59 Å². The van der Waals surface area contributed by atoms with Crippen molar-refractivity contribution >= 4 is 28.3 Å². The van der Waals surface area contributed by atoms with Crippen molar-refractivity contribution in [1.29, 1.82) is 0 Å². The maximum absolute atomic E-state index is 13.7. The maximum Gasteiger partial charge on any atom is 0.262 e. The van der Waals surface area contributed by atoms with Crippen molar-refractivity contribution in [1.82, 2.24) is 0 Å². The minimum absolute atomic E-state index is 0.0377. The first kappa shape index (κ1) is 19.6. The first-order chi connectivity index (χ1) is 15.6. The predicted molar refractivity (Wildman–Crippen MR) is 113 cm³/mol. The summed E-state index contributed by atoms with van der Waals surface area (Å²) in [6, 6.07) is 17.5. The third-order valence-corrected chi connectivity index (χ3v) is 4.90. The molecule has 0 fully saturated rings. The minimum Gasteiger partial charge on any atom is -0.481 e. The van der Waals surface area contributed by atoms with Crippen LogP contribution >= 0.6 is 0 Å². The fourth-order valence-electron chi connectivity index (χ4n) is 3.38. The van der Waals surface area contributed by atoms with Gasteiger partial charge in [0.05, 0.1) is 5.69 Å². The van der Waals surface area contributed by atoms with E-state index in [-0.39, 0.29) is 24.0 Å². The summed E-state index contributed by atoms with van der Waals surface area (Å²) in [5.74, 6) is -0.668. The Morgan fingerprint density at radius 1 is 0.969 bits per heavy atom. The van der Waals surface area contributed by atoms with E-state index in [1.165, 1.54) is 18.2 Å². The van der Waals surface area contributed by atoms with Crippen LogP contribution in [0.5, 0.6) is 17.2 Å². The van der Waals surface area contributed by atoms with Gasteiger partial charge in [-0.25, -0.2) is 4.39 Å². The number of ether oxygens (including phenoxy) is 3. The highest BCUT2D eigenvalue weighted by atomic mass is 19.1. The predicted octanol–water partition coefficient (Wildman–Crippen LogP) is 4.55. The lowest BCUT2D eigenvalue weighted by Crippen LogP contribution is -2.21. The molecule has 0 aliphatic carbocycles. The van der Waals surface area contributed by atoms with Crippen LogP contribution in [0.15, 0.2) is 71.1 Å². The Bertz CT molecular complexity index is 1350. The number of ketones is 1. The molecule has 1 aliphatic rings. The highest BCUT2D eigenvalue weighted by molar-refractivity contribution is 6.17. The van der Waals surface area contributed by atoms with E-state index in [1.807, 2.05) is 0 Å². The zero-order valence-corrected chi connectivity index (χ0v) is 16.6. The number of anilines is 1. The van der Waals surface area contributed by atoms with Crippen LogP contribution in [-0.2, 0) is 4.79 Å². The van der Waals surface area contributed by atoms with Gasteiger partial charge in [-0.2, -0.15) is 0 Å². The first-order valence-corrected chi connectivity index (χ1v) is 9.73. The van der Waals surface area contributed by atoms with Crippen LogP contribution in [0.1, 0.15) is 16.1 Å². The van der Waals surface area contributed by atoms with E-state index >= 15 is 0 Å². The molecule has 1 N–H and O–H groups in total. The van der Waals surface area contributed by atoms with Gasteiger partial charge in [0.15, 0.2) is 35.4 Å². The fraction of sp³-hybridized carbons (Fsp3) is 0.0833. The Morgan fingerprint density at radius 2 is 1.75 bits per heavy atom. The zero-order chi connectivity index (χ0) is 22.1. The van der Waals surface area contributed by atoms with Gasteiger partial charge in [-0.1, -0.05) is 24.3 Å². The van der Waals surface area contributed by atoms with Gasteiger partial charge in [-0.05, 0) is 42.5 Å². The number of carbonyl (C=O) groups is 2. The van der Waals surface area contributed by atoms with E-state index in [0.29, 0.717) is 28.0 Å². The van der Waals surface area contributed by atoms with Crippen molar-refractivity contribution in [3.8, 4) is 17.2 Å². The molecule has 32 heavy (non-hydrogen) atoms. The van der Waals surface area contributed by atoms with Crippen LogP contribution < -0.4 is 19.5 Å². The molecule has 0 radical (unpaired) electrons. The van der Waals surface area contributed by atoms with Gasteiger partial charge >= 0.3 is 0 Å². The summed E-state index contributed by atoms with van der Waals surface area (Å²) in [6.45, 7) is -0.362. The fourth-order valence-corrected chi connectivity index (χ4v) is 3.38. The minimum atomic E-state index is -0.576. The molecule has 0 saturated heterocycles. The molecule has 3 aromatic carbocycles. The number of para-hydroxylation sites is 2. The second-order valence-electron chi connectivity index (χ2n) is 6.97. The second kappa shape index (κ2) is 8.07. The first-order valence-electron chi connectivity index (χ1n) is 9.73. The summed E-state index contributed by atoms with van der Waals surface area (Å²) in [7, 11) is 0. The summed E-state index contributed by atoms with van der Waals surface area (Å²) < 4.78 is 35.4. The highest BCUT2D eigenvalue weighted by Crippen LogP contribution is 2.36. The van der Waals surface area contributed by atoms with Gasteiger partial charge in [0.25, 0.3) is 5.91 Å². The van der Waals surface area contributed by atoms with Crippen molar-refractivity contribution in [2.75, 3.05) is 18.7 Å². The van der Waals surface area contributed by atoms with E-state index in [0.717, 1.165) is 0 Å². The van der Waals surface area contributed by atoms with Crippen LogP contribution in [-0.4, -0.2) is 25.1 Å². The maximum atomic E-state index is 13.7. The van der Waals surface area contributed by atoms with Crippen molar-refractivity contribution in [3.05, 3.63) is 83.9 Å². The van der Waals surface area contributed by atoms with E-state index in [1.54, 1.807) is 48.5 Å². The lowest BCUT2D eigenvalue weighted by atomic mass is 10.1. The summed E-state index contributed by atoms with van der Waals surface area (Å²) >= 11 is 0. The average Bonchev–Trinajstić information content (AvgIpc) is 3.42. The molecule has 4 aromatic rings. The van der Waals surface area contributed by atoms with Crippen molar-refractivity contribution in [3.63, 3.8) is 0 Å². The van der Waals surface area contributed by atoms with E-state index in [4.69, 9.17) is 18.6 Å². The lowest BCUT2D eigenvalue weighted by molar-refractivity contribution is -0.118. The molecule has 0 atom stereocenters. The Morgan fingerprint density at radius 3 is 2.62 bits per heavy atom. The molecule has 2 heterocycles. The van der Waals surface area contributed by atoms with Gasteiger partial charge in [0.1, 0.15) is 5.58 Å². The van der Waals surface area contributed by atoms with Gasteiger partial charge in [-0.15, -0.1) is 0 Å². The molecule has 1 aliphatic heterocycles. The van der Waals surface area contributed by atoms with Crippen LogP contribution in [0.25, 0.3) is 11.0 Å². The Balaban J connectivity index is 1.43. The molecular formula is C24H16FNO6. The molecule has 0 bridgehead atoms.